The second kappa shape index (κ2) is 11.2. The second-order valence-corrected chi connectivity index (χ2v) is 7.62. The van der Waals surface area contributed by atoms with E-state index >= 15 is 0 Å². The molecule has 0 spiro atoms. The lowest BCUT2D eigenvalue weighted by atomic mass is 10.1. The van der Waals surface area contributed by atoms with Gasteiger partial charge < -0.3 is 20.7 Å². The van der Waals surface area contributed by atoms with Gasteiger partial charge in [0.1, 0.15) is 5.75 Å². The fourth-order valence-electron chi connectivity index (χ4n) is 3.72. The molecule has 0 heterocycles. The Balaban J connectivity index is 1.44. The van der Waals surface area contributed by atoms with E-state index in [1.165, 1.54) is 5.56 Å². The van der Waals surface area contributed by atoms with E-state index in [1.54, 1.807) is 14.2 Å². The molecule has 1 fully saturated rings. The van der Waals surface area contributed by atoms with E-state index in [0.717, 1.165) is 61.6 Å². The first-order valence-electron chi connectivity index (χ1n) is 10.6. The second-order valence-electron chi connectivity index (χ2n) is 7.62. The van der Waals surface area contributed by atoms with Crippen molar-refractivity contribution in [2.24, 2.45) is 10.9 Å². The van der Waals surface area contributed by atoms with Gasteiger partial charge in [-0.3, -0.25) is 9.79 Å². The van der Waals surface area contributed by atoms with Crippen molar-refractivity contribution >= 4 is 17.6 Å². The average molecular weight is 409 g/mol. The highest BCUT2D eigenvalue weighted by atomic mass is 16.5. The number of nitrogens with one attached hydrogen (secondary N) is 3. The summed E-state index contributed by atoms with van der Waals surface area (Å²) < 4.78 is 5.19. The van der Waals surface area contributed by atoms with Crippen molar-refractivity contribution in [3.8, 4) is 5.75 Å². The predicted molar refractivity (Wildman–Crippen MR) is 122 cm³/mol. The van der Waals surface area contributed by atoms with Crippen molar-refractivity contribution in [2.45, 2.75) is 38.6 Å². The highest BCUT2D eigenvalue weighted by Gasteiger charge is 2.22. The molecule has 2 aromatic carbocycles. The van der Waals surface area contributed by atoms with Crippen LogP contribution in [-0.2, 0) is 17.8 Å². The van der Waals surface area contributed by atoms with Crippen LogP contribution in [-0.4, -0.2) is 32.6 Å². The number of nitrogens with zero attached hydrogens (tertiary/aromatic N) is 1. The van der Waals surface area contributed by atoms with Crippen molar-refractivity contribution in [2.75, 3.05) is 26.0 Å². The fourth-order valence-corrected chi connectivity index (χ4v) is 3.72. The Bertz CT molecular complexity index is 843. The standard InChI is InChI=1S/C24H32N4O2/c1-25-24(26-15-14-18-10-12-22(30-2)13-11-18)27-17-19-6-5-9-21(16-19)28-23(29)20-7-3-4-8-20/h5-6,9-13,16,20H,3-4,7-8,14-15,17H2,1-2H3,(H,28,29)(H2,25,26,27). The predicted octanol–water partition coefficient (Wildman–Crippen LogP) is 3.73. The fraction of sp³-hybridized carbons (Fsp3) is 0.417. The average Bonchev–Trinajstić information content (AvgIpc) is 3.32. The van der Waals surface area contributed by atoms with Crippen LogP contribution in [0.5, 0.6) is 5.75 Å². The summed E-state index contributed by atoms with van der Waals surface area (Å²) in [6.45, 7) is 1.42. The number of methoxy groups -OCH3 is 1. The van der Waals surface area contributed by atoms with Crippen molar-refractivity contribution in [3.63, 3.8) is 0 Å². The molecule has 0 aliphatic heterocycles. The van der Waals surface area contributed by atoms with Gasteiger partial charge in [0.25, 0.3) is 0 Å². The van der Waals surface area contributed by atoms with Gasteiger partial charge in [-0.1, -0.05) is 37.1 Å². The summed E-state index contributed by atoms with van der Waals surface area (Å²) in [5.41, 5.74) is 3.19. The van der Waals surface area contributed by atoms with Crippen molar-refractivity contribution in [3.05, 3.63) is 59.7 Å². The Labute approximate surface area is 179 Å². The van der Waals surface area contributed by atoms with Gasteiger partial charge >= 0.3 is 0 Å². The largest absolute Gasteiger partial charge is 0.497 e. The van der Waals surface area contributed by atoms with E-state index in [0.29, 0.717) is 6.54 Å². The molecule has 1 aliphatic rings. The molecule has 1 aliphatic carbocycles. The molecule has 1 amide bonds. The summed E-state index contributed by atoms with van der Waals surface area (Å²) in [6, 6.07) is 16.1. The first kappa shape index (κ1) is 21.7. The molecule has 160 valence electrons. The molecule has 0 unspecified atom stereocenters. The number of carbonyl (C=O) groups is 1. The Kier molecular flexibility index (Phi) is 8.12. The molecular formula is C24H32N4O2. The van der Waals surface area contributed by atoms with Crippen LogP contribution in [0.2, 0.25) is 0 Å². The van der Waals surface area contributed by atoms with Crippen LogP contribution >= 0.6 is 0 Å². The summed E-state index contributed by atoms with van der Waals surface area (Å²) in [5, 5.41) is 9.74. The maximum atomic E-state index is 12.3. The van der Waals surface area contributed by atoms with E-state index in [1.807, 2.05) is 36.4 Å². The summed E-state index contributed by atoms with van der Waals surface area (Å²) >= 11 is 0. The number of carbonyl (C=O) groups excluding carboxylic acids is 1. The Hall–Kier alpha value is -3.02. The Morgan fingerprint density at radius 3 is 2.53 bits per heavy atom. The Morgan fingerprint density at radius 2 is 1.83 bits per heavy atom. The highest BCUT2D eigenvalue weighted by molar-refractivity contribution is 5.92. The zero-order valence-electron chi connectivity index (χ0n) is 17.9. The number of hydrogen-bond acceptors (Lipinski definition) is 3. The van der Waals surface area contributed by atoms with Gasteiger partial charge in [0.15, 0.2) is 5.96 Å². The molecule has 30 heavy (non-hydrogen) atoms. The molecule has 0 saturated heterocycles. The number of ether oxygens (including phenoxy) is 1. The first-order chi connectivity index (χ1) is 14.7. The minimum Gasteiger partial charge on any atom is -0.497 e. The van der Waals surface area contributed by atoms with Crippen molar-refractivity contribution < 1.29 is 9.53 Å². The van der Waals surface area contributed by atoms with Gasteiger partial charge in [-0.05, 0) is 54.7 Å². The summed E-state index contributed by atoms with van der Waals surface area (Å²) in [5.74, 6) is 1.93. The molecule has 6 nitrogen and oxygen atoms in total. The maximum absolute atomic E-state index is 12.3. The molecule has 0 aromatic heterocycles. The molecule has 1 saturated carbocycles. The lowest BCUT2D eigenvalue weighted by molar-refractivity contribution is -0.119. The quantitative estimate of drug-likeness (QED) is 0.460. The van der Waals surface area contributed by atoms with Crippen LogP contribution < -0.4 is 20.7 Å². The number of hydrogen-bond donors (Lipinski definition) is 3. The number of amides is 1. The molecule has 2 aromatic rings. The van der Waals surface area contributed by atoms with Gasteiger partial charge in [0.2, 0.25) is 5.91 Å². The molecular weight excluding hydrogens is 376 g/mol. The molecule has 0 radical (unpaired) electrons. The lowest BCUT2D eigenvalue weighted by Crippen LogP contribution is -2.37. The zero-order chi connectivity index (χ0) is 21.2. The maximum Gasteiger partial charge on any atom is 0.227 e. The Morgan fingerprint density at radius 1 is 1.07 bits per heavy atom. The first-order valence-corrected chi connectivity index (χ1v) is 10.6. The van der Waals surface area contributed by atoms with E-state index < -0.39 is 0 Å². The van der Waals surface area contributed by atoms with Crippen LogP contribution in [0.15, 0.2) is 53.5 Å². The normalized spacial score (nSPS) is 14.4. The highest BCUT2D eigenvalue weighted by Crippen LogP contribution is 2.26. The smallest absolute Gasteiger partial charge is 0.227 e. The van der Waals surface area contributed by atoms with Crippen LogP contribution in [0.3, 0.4) is 0 Å². The van der Waals surface area contributed by atoms with Crippen molar-refractivity contribution in [1.29, 1.82) is 0 Å². The molecule has 3 N–H and O–H groups in total. The van der Waals surface area contributed by atoms with Crippen LogP contribution in [0.25, 0.3) is 0 Å². The number of rotatable bonds is 8. The summed E-state index contributed by atoms with van der Waals surface area (Å²) in [7, 11) is 3.44. The van der Waals surface area contributed by atoms with Gasteiger partial charge in [-0.25, -0.2) is 0 Å². The number of anilines is 1. The van der Waals surface area contributed by atoms with E-state index in [9.17, 15) is 4.79 Å². The molecule has 6 heteroatoms. The van der Waals surface area contributed by atoms with Crippen LogP contribution in [0.4, 0.5) is 5.69 Å². The van der Waals surface area contributed by atoms with E-state index in [2.05, 4.69) is 33.1 Å². The van der Waals surface area contributed by atoms with Gasteiger partial charge in [-0.2, -0.15) is 0 Å². The minimum atomic E-state index is 0.147. The number of benzene rings is 2. The zero-order valence-corrected chi connectivity index (χ0v) is 17.9. The van der Waals surface area contributed by atoms with E-state index in [4.69, 9.17) is 4.74 Å². The van der Waals surface area contributed by atoms with Crippen molar-refractivity contribution in [1.82, 2.24) is 10.6 Å². The van der Waals surface area contributed by atoms with Gasteiger partial charge in [0, 0.05) is 31.7 Å². The van der Waals surface area contributed by atoms with Gasteiger partial charge in [0.05, 0.1) is 7.11 Å². The summed E-state index contributed by atoms with van der Waals surface area (Å²) in [6.07, 6.45) is 5.23. The molecule has 0 bridgehead atoms. The number of guanidine groups is 1. The third kappa shape index (κ3) is 6.51. The SMILES string of the molecule is CN=C(NCCc1ccc(OC)cc1)NCc1cccc(NC(=O)C2CCCC2)c1. The molecule has 0 atom stereocenters. The topological polar surface area (TPSA) is 74.8 Å². The van der Waals surface area contributed by atoms with Crippen LogP contribution in [0, 0.1) is 5.92 Å². The van der Waals surface area contributed by atoms with E-state index in [-0.39, 0.29) is 11.8 Å². The number of aliphatic imine (C=N–C) groups is 1. The van der Waals surface area contributed by atoms with Crippen LogP contribution in [0.1, 0.15) is 36.8 Å². The third-order valence-electron chi connectivity index (χ3n) is 5.47. The monoisotopic (exact) mass is 408 g/mol. The third-order valence-corrected chi connectivity index (χ3v) is 5.47. The minimum absolute atomic E-state index is 0.147. The van der Waals surface area contributed by atoms with Gasteiger partial charge in [-0.15, -0.1) is 0 Å². The molecule has 3 rings (SSSR count). The lowest BCUT2D eigenvalue weighted by Gasteiger charge is -2.14. The summed E-state index contributed by atoms with van der Waals surface area (Å²) in [4.78, 5) is 16.6.